The van der Waals surface area contributed by atoms with E-state index in [1.165, 1.54) is 0 Å². The van der Waals surface area contributed by atoms with Gasteiger partial charge in [0.1, 0.15) is 24.7 Å². The lowest BCUT2D eigenvalue weighted by molar-refractivity contribution is -0.146. The van der Waals surface area contributed by atoms with Crippen LogP contribution in [0, 0.1) is 13.8 Å². The minimum atomic E-state index is -0.296. The van der Waals surface area contributed by atoms with Crippen LogP contribution in [0.25, 0.3) is 0 Å². The topological polar surface area (TPSA) is 112 Å². The lowest BCUT2D eigenvalue weighted by Crippen LogP contribution is -2.16. The predicted octanol–water partition coefficient (Wildman–Crippen LogP) is 5.99. The summed E-state index contributed by atoms with van der Waals surface area (Å²) in [7, 11) is 0. The molecule has 8 nitrogen and oxygen atoms in total. The minimum Gasteiger partial charge on any atom is -0.508 e. The molecule has 0 atom stereocenters. The van der Waals surface area contributed by atoms with Gasteiger partial charge >= 0.3 is 11.9 Å². The molecule has 0 unspecified atom stereocenters. The van der Waals surface area contributed by atoms with Crippen molar-refractivity contribution in [2.45, 2.75) is 91.9 Å². The molecular formula is C34H50O8. The van der Waals surface area contributed by atoms with Gasteiger partial charge in [-0.2, -0.15) is 0 Å². The van der Waals surface area contributed by atoms with E-state index in [1.54, 1.807) is 6.07 Å². The Balaban J connectivity index is 1.53. The lowest BCUT2D eigenvalue weighted by atomic mass is 9.83. The summed E-state index contributed by atoms with van der Waals surface area (Å²) in [6.45, 7) is 17.6. The maximum absolute atomic E-state index is 12.1. The van der Waals surface area contributed by atoms with Gasteiger partial charge in [-0.3, -0.25) is 9.59 Å². The number of esters is 2. The fourth-order valence-corrected chi connectivity index (χ4v) is 4.56. The molecule has 0 aliphatic carbocycles. The van der Waals surface area contributed by atoms with Crippen LogP contribution >= 0.6 is 0 Å². The highest BCUT2D eigenvalue weighted by atomic mass is 16.6. The second-order valence-corrected chi connectivity index (χ2v) is 12.8. The zero-order valence-electron chi connectivity index (χ0n) is 26.7. The molecule has 0 aromatic heterocycles. The molecule has 0 fully saturated rings. The van der Waals surface area contributed by atoms with Crippen LogP contribution in [-0.4, -0.2) is 61.8 Å². The third kappa shape index (κ3) is 11.6. The van der Waals surface area contributed by atoms with E-state index in [4.69, 9.17) is 18.9 Å². The highest BCUT2D eigenvalue weighted by Crippen LogP contribution is 2.35. The molecule has 42 heavy (non-hydrogen) atoms. The summed E-state index contributed by atoms with van der Waals surface area (Å²) in [5.74, 6) is -0.00507. The molecule has 2 aromatic rings. The van der Waals surface area contributed by atoms with Crippen LogP contribution in [0.4, 0.5) is 0 Å². The van der Waals surface area contributed by atoms with Crippen LogP contribution in [0.3, 0.4) is 0 Å². The van der Waals surface area contributed by atoms with E-state index < -0.39 is 0 Å². The van der Waals surface area contributed by atoms with Gasteiger partial charge in [-0.1, -0.05) is 59.7 Å². The summed E-state index contributed by atoms with van der Waals surface area (Å²) in [4.78, 5) is 24.3. The molecule has 0 amide bonds. The highest BCUT2D eigenvalue weighted by molar-refractivity contribution is 5.70. The largest absolute Gasteiger partial charge is 0.508 e. The average Bonchev–Trinajstić information content (AvgIpc) is 2.88. The van der Waals surface area contributed by atoms with E-state index in [0.29, 0.717) is 31.8 Å². The maximum Gasteiger partial charge on any atom is 0.306 e. The number of carbonyl (C=O) groups is 2. The maximum atomic E-state index is 12.1. The molecule has 0 heterocycles. The Bertz CT molecular complexity index is 1190. The van der Waals surface area contributed by atoms with Crippen molar-refractivity contribution in [3.05, 3.63) is 57.6 Å². The molecular weight excluding hydrogens is 536 g/mol. The van der Waals surface area contributed by atoms with E-state index in [9.17, 15) is 19.8 Å². The fourth-order valence-electron chi connectivity index (χ4n) is 4.56. The Kier molecular flexibility index (Phi) is 13.3. The molecule has 0 bridgehead atoms. The quantitative estimate of drug-likeness (QED) is 0.193. The third-order valence-corrected chi connectivity index (χ3v) is 7.00. The SMILES string of the molecule is Cc1cc(O)c(C(C)(C)C)cc1CCC(=O)OCCOCCOCCOC(=O)CCc1cc(C)c(O)c(C(C)(C)C)c1. The van der Waals surface area contributed by atoms with Crippen molar-refractivity contribution >= 4 is 11.9 Å². The van der Waals surface area contributed by atoms with Gasteiger partial charge in [-0.25, -0.2) is 0 Å². The van der Waals surface area contributed by atoms with Crippen molar-refractivity contribution in [3.63, 3.8) is 0 Å². The average molecular weight is 587 g/mol. The predicted molar refractivity (Wildman–Crippen MR) is 163 cm³/mol. The Morgan fingerprint density at radius 1 is 0.643 bits per heavy atom. The molecule has 2 aromatic carbocycles. The van der Waals surface area contributed by atoms with Crippen molar-refractivity contribution in [2.75, 3.05) is 39.6 Å². The number of carbonyl (C=O) groups excluding carboxylic acids is 2. The summed E-state index contributed by atoms with van der Waals surface area (Å²) < 4.78 is 21.4. The van der Waals surface area contributed by atoms with Crippen molar-refractivity contribution in [2.24, 2.45) is 0 Å². The fraction of sp³-hybridized carbons (Fsp3) is 0.588. The standard InChI is InChI=1S/C34H50O8/c1-23-20-29(35)27(33(3,4)5)22-26(23)10-12-31(37)42-18-16-40-14-13-39-15-17-41-30(36)11-9-25-19-24(2)32(38)28(21-25)34(6,7)8/h19-22,35,38H,9-18H2,1-8H3. The van der Waals surface area contributed by atoms with Gasteiger partial charge in [0.05, 0.1) is 26.4 Å². The van der Waals surface area contributed by atoms with E-state index >= 15 is 0 Å². The number of benzene rings is 2. The summed E-state index contributed by atoms with van der Waals surface area (Å²) in [5, 5.41) is 20.6. The van der Waals surface area contributed by atoms with E-state index in [0.717, 1.165) is 33.4 Å². The zero-order chi connectivity index (χ0) is 31.5. The van der Waals surface area contributed by atoms with Crippen molar-refractivity contribution in [3.8, 4) is 11.5 Å². The summed E-state index contributed by atoms with van der Waals surface area (Å²) in [6.07, 6.45) is 1.59. The number of aryl methyl sites for hydroxylation is 4. The summed E-state index contributed by atoms with van der Waals surface area (Å²) >= 11 is 0. The normalized spacial score (nSPS) is 11.9. The van der Waals surface area contributed by atoms with Crippen LogP contribution in [0.1, 0.15) is 87.8 Å². The number of hydrogen-bond acceptors (Lipinski definition) is 8. The number of ether oxygens (including phenoxy) is 4. The van der Waals surface area contributed by atoms with Crippen LogP contribution in [-0.2, 0) is 52.2 Å². The molecule has 0 aliphatic heterocycles. The van der Waals surface area contributed by atoms with Gasteiger partial charge in [0.15, 0.2) is 0 Å². The first-order valence-electron chi connectivity index (χ1n) is 14.7. The molecule has 234 valence electrons. The van der Waals surface area contributed by atoms with Gasteiger partial charge in [0.2, 0.25) is 0 Å². The molecule has 0 aliphatic rings. The van der Waals surface area contributed by atoms with Gasteiger partial charge in [-0.15, -0.1) is 0 Å². The Hall–Kier alpha value is -3.10. The Morgan fingerprint density at radius 3 is 1.67 bits per heavy atom. The number of phenolic OH excluding ortho intramolecular Hbond substituents is 2. The van der Waals surface area contributed by atoms with E-state index in [1.807, 2.05) is 73.6 Å². The number of phenols is 2. The first kappa shape index (κ1) is 35.1. The molecule has 2 rings (SSSR count). The van der Waals surface area contributed by atoms with Gasteiger partial charge in [-0.05, 0) is 77.0 Å². The van der Waals surface area contributed by atoms with Gasteiger partial charge < -0.3 is 29.2 Å². The zero-order valence-corrected chi connectivity index (χ0v) is 26.7. The molecule has 0 spiro atoms. The second kappa shape index (κ2) is 15.9. The Labute approximate surface area is 251 Å². The number of hydrogen-bond donors (Lipinski definition) is 2. The van der Waals surface area contributed by atoms with Crippen molar-refractivity contribution in [1.82, 2.24) is 0 Å². The summed E-state index contributed by atoms with van der Waals surface area (Å²) in [6, 6.07) is 7.59. The molecule has 0 saturated heterocycles. The van der Waals surface area contributed by atoms with E-state index in [2.05, 4.69) is 0 Å². The number of rotatable bonds is 15. The minimum absolute atomic E-state index is 0.163. The van der Waals surface area contributed by atoms with Crippen LogP contribution in [0.2, 0.25) is 0 Å². The highest BCUT2D eigenvalue weighted by Gasteiger charge is 2.21. The Morgan fingerprint density at radius 2 is 1.14 bits per heavy atom. The van der Waals surface area contributed by atoms with E-state index in [-0.39, 0.29) is 67.8 Å². The molecule has 0 radical (unpaired) electrons. The van der Waals surface area contributed by atoms with Gasteiger partial charge in [0.25, 0.3) is 0 Å². The van der Waals surface area contributed by atoms with Crippen molar-refractivity contribution < 1.29 is 38.7 Å². The van der Waals surface area contributed by atoms with Crippen LogP contribution in [0.5, 0.6) is 11.5 Å². The van der Waals surface area contributed by atoms with Gasteiger partial charge in [0, 0.05) is 12.8 Å². The van der Waals surface area contributed by atoms with Crippen LogP contribution < -0.4 is 0 Å². The molecule has 0 saturated carbocycles. The van der Waals surface area contributed by atoms with Crippen molar-refractivity contribution in [1.29, 1.82) is 0 Å². The molecule has 2 N–H and O–H groups in total. The summed E-state index contributed by atoms with van der Waals surface area (Å²) in [5.41, 5.74) is 5.12. The smallest absolute Gasteiger partial charge is 0.306 e. The lowest BCUT2D eigenvalue weighted by Gasteiger charge is -2.22. The third-order valence-electron chi connectivity index (χ3n) is 7.00. The first-order valence-corrected chi connectivity index (χ1v) is 14.7. The second-order valence-electron chi connectivity index (χ2n) is 12.8. The van der Waals surface area contributed by atoms with Crippen LogP contribution in [0.15, 0.2) is 24.3 Å². The molecule has 8 heteroatoms. The number of aromatic hydroxyl groups is 2. The monoisotopic (exact) mass is 586 g/mol. The first-order chi connectivity index (χ1) is 19.6.